The van der Waals surface area contributed by atoms with Crippen LogP contribution in [0.15, 0.2) is 53.9 Å². The summed E-state index contributed by atoms with van der Waals surface area (Å²) in [5.41, 5.74) is 1.56. The van der Waals surface area contributed by atoms with Crippen molar-refractivity contribution in [3.8, 4) is 11.4 Å². The van der Waals surface area contributed by atoms with E-state index >= 15 is 0 Å². The van der Waals surface area contributed by atoms with E-state index in [9.17, 15) is 9.18 Å². The first-order valence-electron chi connectivity index (χ1n) is 7.38. The number of thioether (sulfide) groups is 1. The zero-order chi connectivity index (χ0) is 17.6. The van der Waals surface area contributed by atoms with Crippen molar-refractivity contribution in [2.45, 2.75) is 11.7 Å². The van der Waals surface area contributed by atoms with Crippen LogP contribution in [-0.4, -0.2) is 31.5 Å². The second-order valence-electron chi connectivity index (χ2n) is 5.11. The van der Waals surface area contributed by atoms with Gasteiger partial charge in [-0.25, -0.2) is 9.07 Å². The molecular formula is C16H15FN6OS. The molecule has 0 saturated carbocycles. The van der Waals surface area contributed by atoms with Crippen LogP contribution in [0.3, 0.4) is 0 Å². The third-order valence-electron chi connectivity index (χ3n) is 3.32. The number of nitrogens with one attached hydrogen (secondary N) is 1. The Balaban J connectivity index is 1.54. The molecule has 128 valence electrons. The molecule has 0 atom stereocenters. The molecule has 2 heterocycles. The number of nitrogens with zero attached hydrogens (tertiary/aromatic N) is 4. The van der Waals surface area contributed by atoms with Crippen LogP contribution in [0.1, 0.15) is 5.56 Å². The molecule has 9 heteroatoms. The van der Waals surface area contributed by atoms with Crippen LogP contribution in [0.2, 0.25) is 0 Å². The van der Waals surface area contributed by atoms with E-state index in [1.807, 2.05) is 6.07 Å². The predicted molar refractivity (Wildman–Crippen MR) is 92.4 cm³/mol. The average molecular weight is 358 g/mol. The highest BCUT2D eigenvalue weighted by Crippen LogP contribution is 2.20. The second-order valence-corrected chi connectivity index (χ2v) is 6.05. The molecule has 3 aromatic rings. The Labute approximate surface area is 147 Å². The van der Waals surface area contributed by atoms with Gasteiger partial charge in [-0.15, -0.1) is 10.2 Å². The Hall–Kier alpha value is -2.94. The number of rotatable bonds is 6. The number of carbonyl (C=O) groups is 1. The van der Waals surface area contributed by atoms with Crippen LogP contribution in [0, 0.1) is 5.82 Å². The number of amides is 1. The summed E-state index contributed by atoms with van der Waals surface area (Å²) >= 11 is 1.18. The molecule has 3 N–H and O–H groups in total. The summed E-state index contributed by atoms with van der Waals surface area (Å²) in [6.45, 7) is 0.329. The lowest BCUT2D eigenvalue weighted by atomic mass is 10.2. The fourth-order valence-electron chi connectivity index (χ4n) is 2.05. The average Bonchev–Trinajstić information content (AvgIpc) is 3.01. The number of aromatic nitrogens is 4. The molecular weight excluding hydrogens is 343 g/mol. The Bertz CT molecular complexity index is 853. The van der Waals surface area contributed by atoms with Gasteiger partial charge >= 0.3 is 0 Å². The number of benzene rings is 1. The van der Waals surface area contributed by atoms with E-state index in [1.165, 1.54) is 28.6 Å². The Morgan fingerprint density at radius 2 is 2.04 bits per heavy atom. The number of halogens is 1. The lowest BCUT2D eigenvalue weighted by molar-refractivity contribution is -0.118. The summed E-state index contributed by atoms with van der Waals surface area (Å²) in [6.07, 6.45) is 3.29. The third kappa shape index (κ3) is 4.32. The lowest BCUT2D eigenvalue weighted by Crippen LogP contribution is -2.25. The Kier molecular flexibility index (Phi) is 5.24. The van der Waals surface area contributed by atoms with Crippen molar-refractivity contribution < 1.29 is 9.18 Å². The van der Waals surface area contributed by atoms with Gasteiger partial charge in [-0.05, 0) is 29.8 Å². The molecule has 0 unspecified atom stereocenters. The molecule has 0 aliphatic heterocycles. The predicted octanol–water partition coefficient (Wildman–Crippen LogP) is 1.60. The Morgan fingerprint density at radius 1 is 1.24 bits per heavy atom. The first-order chi connectivity index (χ1) is 12.1. The second kappa shape index (κ2) is 7.75. The topological polar surface area (TPSA) is 98.7 Å². The molecule has 1 aromatic carbocycles. The standard InChI is InChI=1S/C16H15FN6OS/c17-13-5-3-11(4-6-13)8-20-14(24)10-25-16-22-21-15(23(16)18)12-2-1-7-19-9-12/h1-7,9H,8,10,18H2,(H,20,24). The minimum Gasteiger partial charge on any atom is -0.351 e. The minimum absolute atomic E-state index is 0.142. The van der Waals surface area contributed by atoms with Crippen molar-refractivity contribution in [3.05, 3.63) is 60.2 Å². The fraction of sp³-hybridized carbons (Fsp3) is 0.125. The summed E-state index contributed by atoms with van der Waals surface area (Å²) in [6, 6.07) is 9.56. The normalized spacial score (nSPS) is 10.6. The van der Waals surface area contributed by atoms with Gasteiger partial charge in [0.2, 0.25) is 11.1 Å². The van der Waals surface area contributed by atoms with E-state index < -0.39 is 0 Å². The van der Waals surface area contributed by atoms with Crippen molar-refractivity contribution in [3.63, 3.8) is 0 Å². The molecule has 3 rings (SSSR count). The molecule has 7 nitrogen and oxygen atoms in total. The summed E-state index contributed by atoms with van der Waals surface area (Å²) in [7, 11) is 0. The monoisotopic (exact) mass is 358 g/mol. The maximum absolute atomic E-state index is 12.8. The molecule has 0 aliphatic carbocycles. The first kappa shape index (κ1) is 16.9. The molecule has 25 heavy (non-hydrogen) atoms. The van der Waals surface area contributed by atoms with E-state index in [-0.39, 0.29) is 17.5 Å². The highest BCUT2D eigenvalue weighted by Gasteiger charge is 2.13. The third-order valence-corrected chi connectivity index (χ3v) is 4.26. The van der Waals surface area contributed by atoms with Gasteiger partial charge in [0.05, 0.1) is 5.75 Å². The SMILES string of the molecule is Nn1c(SCC(=O)NCc2ccc(F)cc2)nnc1-c1cccnc1. The molecule has 2 aromatic heterocycles. The van der Waals surface area contributed by atoms with Crippen molar-refractivity contribution >= 4 is 17.7 Å². The smallest absolute Gasteiger partial charge is 0.230 e. The Morgan fingerprint density at radius 3 is 2.76 bits per heavy atom. The van der Waals surface area contributed by atoms with Gasteiger partial charge in [-0.3, -0.25) is 9.78 Å². The fourth-order valence-corrected chi connectivity index (χ4v) is 2.74. The zero-order valence-corrected chi connectivity index (χ0v) is 13.9. The number of hydrogen-bond acceptors (Lipinski definition) is 6. The van der Waals surface area contributed by atoms with Crippen LogP contribution in [0.4, 0.5) is 4.39 Å². The molecule has 0 radical (unpaired) electrons. The van der Waals surface area contributed by atoms with Crippen molar-refractivity contribution in [2.24, 2.45) is 0 Å². The van der Waals surface area contributed by atoms with Gasteiger partial charge in [0.15, 0.2) is 5.82 Å². The summed E-state index contributed by atoms with van der Waals surface area (Å²) in [4.78, 5) is 15.9. The van der Waals surface area contributed by atoms with Crippen molar-refractivity contribution in [1.82, 2.24) is 25.2 Å². The highest BCUT2D eigenvalue weighted by molar-refractivity contribution is 7.99. The van der Waals surface area contributed by atoms with E-state index in [4.69, 9.17) is 5.84 Å². The summed E-state index contributed by atoms with van der Waals surface area (Å²) in [5.74, 6) is 6.11. The largest absolute Gasteiger partial charge is 0.351 e. The molecule has 1 amide bonds. The minimum atomic E-state index is -0.308. The highest BCUT2D eigenvalue weighted by atomic mass is 32.2. The van der Waals surface area contributed by atoms with Crippen LogP contribution in [0.5, 0.6) is 0 Å². The van der Waals surface area contributed by atoms with Gasteiger partial charge in [0.1, 0.15) is 5.82 Å². The van der Waals surface area contributed by atoms with Crippen LogP contribution in [-0.2, 0) is 11.3 Å². The van der Waals surface area contributed by atoms with Crippen LogP contribution < -0.4 is 11.2 Å². The molecule has 0 saturated heterocycles. The quantitative estimate of drug-likeness (QED) is 0.513. The molecule has 0 fully saturated rings. The molecule has 0 spiro atoms. The maximum atomic E-state index is 12.8. The number of nitrogens with two attached hydrogens (primary N) is 1. The van der Waals surface area contributed by atoms with Gasteiger partial charge in [-0.1, -0.05) is 23.9 Å². The molecule has 0 bridgehead atoms. The van der Waals surface area contributed by atoms with Gasteiger partial charge in [0.25, 0.3) is 0 Å². The van der Waals surface area contributed by atoms with Crippen molar-refractivity contribution in [1.29, 1.82) is 0 Å². The first-order valence-corrected chi connectivity index (χ1v) is 8.37. The van der Waals surface area contributed by atoms with E-state index in [2.05, 4.69) is 20.5 Å². The number of hydrogen-bond donors (Lipinski definition) is 2. The lowest BCUT2D eigenvalue weighted by Gasteiger charge is -2.05. The maximum Gasteiger partial charge on any atom is 0.230 e. The summed E-state index contributed by atoms with van der Waals surface area (Å²) < 4.78 is 14.2. The van der Waals surface area contributed by atoms with Gasteiger partial charge in [-0.2, -0.15) is 0 Å². The zero-order valence-electron chi connectivity index (χ0n) is 13.1. The van der Waals surface area contributed by atoms with E-state index in [0.29, 0.717) is 17.5 Å². The number of carbonyl (C=O) groups excluding carboxylic acids is 1. The number of pyridine rings is 1. The molecule has 0 aliphatic rings. The van der Waals surface area contributed by atoms with Crippen LogP contribution >= 0.6 is 11.8 Å². The van der Waals surface area contributed by atoms with E-state index in [0.717, 1.165) is 11.1 Å². The van der Waals surface area contributed by atoms with E-state index in [1.54, 1.807) is 30.6 Å². The number of nitrogen functional groups attached to an aromatic ring is 1. The van der Waals surface area contributed by atoms with Crippen LogP contribution in [0.25, 0.3) is 11.4 Å². The summed E-state index contributed by atoms with van der Waals surface area (Å²) in [5, 5.41) is 11.2. The van der Waals surface area contributed by atoms with Gasteiger partial charge < -0.3 is 11.2 Å². The van der Waals surface area contributed by atoms with Crippen molar-refractivity contribution in [2.75, 3.05) is 11.6 Å². The van der Waals surface area contributed by atoms with Gasteiger partial charge in [0, 0.05) is 24.5 Å².